The smallest absolute Gasteiger partial charge is 0.254 e. The summed E-state index contributed by atoms with van der Waals surface area (Å²) in [5.41, 5.74) is 3.15. The Hall–Kier alpha value is -1.13. The maximum absolute atomic E-state index is 12.8. The highest BCUT2D eigenvalue weighted by molar-refractivity contribution is 9.10. The van der Waals surface area contributed by atoms with Crippen molar-refractivity contribution in [2.75, 3.05) is 6.54 Å². The molecule has 3 rings (SSSR count). The number of nitrogens with zero attached hydrogens (tertiary/aromatic N) is 1. The maximum atomic E-state index is 12.8. The largest absolute Gasteiger partial charge is 0.332 e. The third kappa shape index (κ3) is 2.67. The molecule has 1 aromatic carbocycles. The Bertz CT molecular complexity index is 603. The molecule has 1 unspecified atom stereocenters. The lowest BCUT2D eigenvalue weighted by Gasteiger charge is -2.24. The zero-order valence-electron chi connectivity index (χ0n) is 11.3. The molecule has 0 aliphatic carbocycles. The summed E-state index contributed by atoms with van der Waals surface area (Å²) in [6.45, 7) is 2.87. The van der Waals surface area contributed by atoms with E-state index in [1.165, 1.54) is 5.56 Å². The van der Waals surface area contributed by atoms with Crippen LogP contribution in [0.3, 0.4) is 0 Å². The van der Waals surface area contributed by atoms with Gasteiger partial charge in [0.25, 0.3) is 5.91 Å². The Morgan fingerprint density at radius 1 is 1.40 bits per heavy atom. The van der Waals surface area contributed by atoms with Crippen molar-refractivity contribution in [2.45, 2.75) is 25.8 Å². The van der Waals surface area contributed by atoms with Crippen molar-refractivity contribution in [3.63, 3.8) is 0 Å². The lowest BCUT2D eigenvalue weighted by molar-refractivity contribution is 0.0735. The van der Waals surface area contributed by atoms with Crippen LogP contribution >= 0.6 is 27.3 Å². The van der Waals surface area contributed by atoms with E-state index in [2.05, 4.69) is 32.8 Å². The molecule has 1 aliphatic rings. The number of amides is 1. The molecule has 1 aromatic heterocycles. The van der Waals surface area contributed by atoms with Gasteiger partial charge in [0.15, 0.2) is 0 Å². The number of benzene rings is 1. The second-order valence-corrected chi connectivity index (χ2v) is 6.93. The maximum Gasteiger partial charge on any atom is 0.254 e. The van der Waals surface area contributed by atoms with E-state index in [1.807, 2.05) is 30.0 Å². The number of carbonyl (C=O) groups excluding carboxylic acids is 1. The Kier molecular flexibility index (Phi) is 3.94. The van der Waals surface area contributed by atoms with Crippen LogP contribution in [0.5, 0.6) is 0 Å². The van der Waals surface area contributed by atoms with Crippen molar-refractivity contribution in [1.29, 1.82) is 0 Å². The number of halogens is 1. The Balaban J connectivity index is 1.89. The second-order valence-electron chi connectivity index (χ2n) is 5.23. The molecule has 0 spiro atoms. The van der Waals surface area contributed by atoms with E-state index in [1.54, 1.807) is 11.3 Å². The van der Waals surface area contributed by atoms with Gasteiger partial charge in [-0.3, -0.25) is 4.79 Å². The highest BCUT2D eigenvalue weighted by Crippen LogP contribution is 2.34. The number of hydrogen-bond donors (Lipinski definition) is 0. The average molecular weight is 350 g/mol. The summed E-state index contributed by atoms with van der Waals surface area (Å²) >= 11 is 5.17. The zero-order valence-corrected chi connectivity index (χ0v) is 13.7. The molecule has 2 nitrogen and oxygen atoms in total. The first-order valence-corrected chi connectivity index (χ1v) is 8.49. The average Bonchev–Trinajstić information content (AvgIpc) is 3.07. The highest BCUT2D eigenvalue weighted by Gasteiger charge is 2.30. The summed E-state index contributed by atoms with van der Waals surface area (Å²) in [5.74, 6) is 0.142. The first-order valence-electron chi connectivity index (χ1n) is 6.75. The number of likely N-dealkylation sites (tertiary alicyclic amines) is 1. The molecule has 1 amide bonds. The first-order chi connectivity index (χ1) is 9.65. The van der Waals surface area contributed by atoms with Crippen molar-refractivity contribution in [1.82, 2.24) is 4.90 Å². The zero-order chi connectivity index (χ0) is 14.1. The van der Waals surface area contributed by atoms with E-state index in [4.69, 9.17) is 0 Å². The van der Waals surface area contributed by atoms with Gasteiger partial charge in [-0.1, -0.05) is 15.9 Å². The van der Waals surface area contributed by atoms with Gasteiger partial charge < -0.3 is 4.90 Å². The molecule has 1 saturated heterocycles. The second kappa shape index (κ2) is 5.70. The number of thiophene rings is 1. The molecule has 0 N–H and O–H groups in total. The van der Waals surface area contributed by atoms with Gasteiger partial charge in [0.05, 0.1) is 6.04 Å². The number of rotatable bonds is 2. The van der Waals surface area contributed by atoms with Crippen LogP contribution in [0.25, 0.3) is 0 Å². The van der Waals surface area contributed by atoms with E-state index in [9.17, 15) is 4.79 Å². The SMILES string of the molecule is Cc1cc(Br)cc(C(=O)N2CCCC2c2ccsc2)c1. The van der Waals surface area contributed by atoms with Crippen LogP contribution in [-0.2, 0) is 0 Å². The molecule has 104 valence electrons. The monoisotopic (exact) mass is 349 g/mol. The summed E-state index contributed by atoms with van der Waals surface area (Å²) in [5, 5.41) is 4.24. The lowest BCUT2D eigenvalue weighted by Crippen LogP contribution is -2.30. The van der Waals surface area contributed by atoms with E-state index in [0.29, 0.717) is 0 Å². The van der Waals surface area contributed by atoms with Crippen LogP contribution in [0.2, 0.25) is 0 Å². The van der Waals surface area contributed by atoms with Gasteiger partial charge in [0.1, 0.15) is 0 Å². The molecule has 0 bridgehead atoms. The van der Waals surface area contributed by atoms with E-state index >= 15 is 0 Å². The summed E-state index contributed by atoms with van der Waals surface area (Å²) in [6.07, 6.45) is 2.15. The van der Waals surface area contributed by atoms with Gasteiger partial charge in [-0.2, -0.15) is 11.3 Å². The minimum Gasteiger partial charge on any atom is -0.332 e. The molecule has 1 aliphatic heterocycles. The fourth-order valence-electron chi connectivity index (χ4n) is 2.85. The predicted molar refractivity (Wildman–Crippen MR) is 86.2 cm³/mol. The Labute approximate surface area is 131 Å². The van der Waals surface area contributed by atoms with Gasteiger partial charge in [-0.25, -0.2) is 0 Å². The summed E-state index contributed by atoms with van der Waals surface area (Å²) in [6, 6.07) is 8.28. The third-order valence-corrected chi connectivity index (χ3v) is 4.89. The number of hydrogen-bond acceptors (Lipinski definition) is 2. The minimum atomic E-state index is 0.142. The van der Waals surface area contributed by atoms with Gasteiger partial charge in [0, 0.05) is 16.6 Å². The first kappa shape index (κ1) is 13.8. The number of carbonyl (C=O) groups is 1. The van der Waals surface area contributed by atoms with Crippen molar-refractivity contribution < 1.29 is 4.79 Å². The molecule has 2 heterocycles. The molecular formula is C16H16BrNOS. The fraction of sp³-hybridized carbons (Fsp3) is 0.312. The van der Waals surface area contributed by atoms with Crippen LogP contribution in [0.4, 0.5) is 0 Å². The summed E-state index contributed by atoms with van der Waals surface area (Å²) in [4.78, 5) is 14.8. The van der Waals surface area contributed by atoms with E-state index in [-0.39, 0.29) is 11.9 Å². The highest BCUT2D eigenvalue weighted by atomic mass is 79.9. The summed E-state index contributed by atoms with van der Waals surface area (Å²) < 4.78 is 0.965. The van der Waals surface area contributed by atoms with Crippen molar-refractivity contribution in [3.8, 4) is 0 Å². The molecular weight excluding hydrogens is 334 g/mol. The molecule has 4 heteroatoms. The van der Waals surface area contributed by atoms with Crippen molar-refractivity contribution in [2.24, 2.45) is 0 Å². The number of aryl methyl sites for hydroxylation is 1. The lowest BCUT2D eigenvalue weighted by atomic mass is 10.1. The predicted octanol–water partition coefficient (Wildman–Crippen LogP) is 4.80. The quantitative estimate of drug-likeness (QED) is 0.762. The van der Waals surface area contributed by atoms with Crippen LogP contribution in [0.1, 0.15) is 40.4 Å². The molecule has 20 heavy (non-hydrogen) atoms. The van der Waals surface area contributed by atoms with Crippen molar-refractivity contribution in [3.05, 3.63) is 56.2 Å². The molecule has 1 fully saturated rings. The van der Waals surface area contributed by atoms with Gasteiger partial charge >= 0.3 is 0 Å². The minimum absolute atomic E-state index is 0.142. The van der Waals surface area contributed by atoms with Crippen LogP contribution < -0.4 is 0 Å². The molecule has 0 radical (unpaired) electrons. The normalized spacial score (nSPS) is 18.5. The van der Waals surface area contributed by atoms with Gasteiger partial charge in [-0.15, -0.1) is 0 Å². The Morgan fingerprint density at radius 2 is 2.25 bits per heavy atom. The Morgan fingerprint density at radius 3 is 2.95 bits per heavy atom. The van der Waals surface area contributed by atoms with Crippen molar-refractivity contribution >= 4 is 33.2 Å². The molecule has 1 atom stereocenters. The standard InChI is InChI=1S/C16H16BrNOS/c1-11-7-13(9-14(17)8-11)16(19)18-5-2-3-15(18)12-4-6-20-10-12/h4,6-10,15H,2-3,5H2,1H3. The third-order valence-electron chi connectivity index (χ3n) is 3.73. The summed E-state index contributed by atoms with van der Waals surface area (Å²) in [7, 11) is 0. The van der Waals surface area contributed by atoms with Gasteiger partial charge in [0.2, 0.25) is 0 Å². The van der Waals surface area contributed by atoms with Gasteiger partial charge in [-0.05, 0) is 65.9 Å². The molecule has 0 saturated carbocycles. The van der Waals surface area contributed by atoms with E-state index < -0.39 is 0 Å². The van der Waals surface area contributed by atoms with Crippen LogP contribution in [0.15, 0.2) is 39.5 Å². The fourth-order valence-corrected chi connectivity index (χ4v) is 4.16. The van der Waals surface area contributed by atoms with E-state index in [0.717, 1.165) is 35.0 Å². The van der Waals surface area contributed by atoms with Crippen LogP contribution in [-0.4, -0.2) is 17.4 Å². The van der Waals surface area contributed by atoms with Crippen LogP contribution in [0, 0.1) is 6.92 Å². The molecule has 2 aromatic rings. The topological polar surface area (TPSA) is 20.3 Å².